The minimum atomic E-state index is -1.03. The van der Waals surface area contributed by atoms with Gasteiger partial charge >= 0.3 is 5.97 Å². The van der Waals surface area contributed by atoms with E-state index in [-0.39, 0.29) is 22.8 Å². The van der Waals surface area contributed by atoms with Crippen molar-refractivity contribution in [3.8, 4) is 0 Å². The lowest BCUT2D eigenvalue weighted by Gasteiger charge is -2.24. The number of anilines is 1. The van der Waals surface area contributed by atoms with Gasteiger partial charge in [-0.05, 0) is 74.5 Å². The Hall–Kier alpha value is -4.33. The fourth-order valence-electron chi connectivity index (χ4n) is 3.72. The molecule has 1 aliphatic heterocycles. The van der Waals surface area contributed by atoms with Gasteiger partial charge in [0.1, 0.15) is 17.6 Å². The molecule has 0 aliphatic carbocycles. The summed E-state index contributed by atoms with van der Waals surface area (Å²) in [5, 5.41) is 11.0. The topological polar surface area (TPSA) is 96.8 Å². The number of hydrogen-bond donors (Lipinski definition) is 1. The monoisotopic (exact) mass is 460 g/mol. The molecule has 1 aliphatic rings. The SMILES string of the molecule is CC(C)OC(=O)c1ccc(N2C(=O)C(=O)/C(=C(/O)c3ccc(F)cc3)C2c2ccccn2)cc1. The van der Waals surface area contributed by atoms with Gasteiger partial charge in [-0.2, -0.15) is 0 Å². The van der Waals surface area contributed by atoms with Gasteiger partial charge in [-0.25, -0.2) is 9.18 Å². The molecule has 8 heteroatoms. The van der Waals surface area contributed by atoms with Crippen molar-refractivity contribution >= 4 is 29.1 Å². The second-order valence-electron chi connectivity index (χ2n) is 7.93. The van der Waals surface area contributed by atoms with Crippen LogP contribution in [0.2, 0.25) is 0 Å². The van der Waals surface area contributed by atoms with E-state index >= 15 is 0 Å². The molecular formula is C26H21FN2O5. The number of nitrogens with zero attached hydrogens (tertiary/aromatic N) is 2. The van der Waals surface area contributed by atoms with Crippen LogP contribution in [0.25, 0.3) is 5.76 Å². The van der Waals surface area contributed by atoms with Gasteiger partial charge in [0.25, 0.3) is 11.7 Å². The largest absolute Gasteiger partial charge is 0.507 e. The van der Waals surface area contributed by atoms with E-state index in [1.165, 1.54) is 47.5 Å². The van der Waals surface area contributed by atoms with Gasteiger partial charge in [-0.3, -0.25) is 19.5 Å². The van der Waals surface area contributed by atoms with Crippen molar-refractivity contribution in [1.29, 1.82) is 0 Å². The van der Waals surface area contributed by atoms with Gasteiger partial charge in [0, 0.05) is 17.4 Å². The summed E-state index contributed by atoms with van der Waals surface area (Å²) in [6.07, 6.45) is 1.22. The van der Waals surface area contributed by atoms with Gasteiger partial charge in [-0.15, -0.1) is 0 Å². The molecule has 1 unspecified atom stereocenters. The van der Waals surface area contributed by atoms with Gasteiger partial charge in [0.2, 0.25) is 0 Å². The number of Topliss-reactive ketones (excluding diaryl/α,β-unsaturated/α-hetero) is 1. The molecule has 1 N–H and O–H groups in total. The fraction of sp³-hybridized carbons (Fsp3) is 0.154. The van der Waals surface area contributed by atoms with Crippen LogP contribution in [0.5, 0.6) is 0 Å². The standard InChI is InChI=1S/C26H21FN2O5/c1-15(2)34-26(33)17-8-12-19(13-9-17)29-22(20-5-3-4-14-28-20)21(24(31)25(29)32)23(30)16-6-10-18(27)11-7-16/h3-15,22,30H,1-2H3/b23-21+. The Morgan fingerprint density at radius 2 is 1.65 bits per heavy atom. The summed E-state index contributed by atoms with van der Waals surface area (Å²) in [7, 11) is 0. The Morgan fingerprint density at radius 1 is 1.00 bits per heavy atom. The first kappa shape index (κ1) is 22.8. The number of rotatable bonds is 5. The summed E-state index contributed by atoms with van der Waals surface area (Å²) < 4.78 is 18.6. The van der Waals surface area contributed by atoms with Crippen LogP contribution in [-0.4, -0.2) is 33.9 Å². The molecule has 34 heavy (non-hydrogen) atoms. The third-order valence-electron chi connectivity index (χ3n) is 5.25. The minimum Gasteiger partial charge on any atom is -0.507 e. The van der Waals surface area contributed by atoms with Crippen molar-refractivity contribution in [3.05, 3.63) is 101 Å². The zero-order chi connectivity index (χ0) is 24.4. The second-order valence-corrected chi connectivity index (χ2v) is 7.93. The van der Waals surface area contributed by atoms with E-state index < -0.39 is 35.3 Å². The predicted octanol–water partition coefficient (Wildman–Crippen LogP) is 4.41. The van der Waals surface area contributed by atoms with Crippen LogP contribution in [0.15, 0.2) is 78.5 Å². The van der Waals surface area contributed by atoms with Gasteiger partial charge in [-0.1, -0.05) is 6.07 Å². The van der Waals surface area contributed by atoms with Crippen LogP contribution in [0.1, 0.15) is 41.5 Å². The highest BCUT2D eigenvalue weighted by molar-refractivity contribution is 6.51. The van der Waals surface area contributed by atoms with E-state index in [4.69, 9.17) is 4.74 Å². The van der Waals surface area contributed by atoms with Crippen molar-refractivity contribution in [2.24, 2.45) is 0 Å². The van der Waals surface area contributed by atoms with Crippen LogP contribution < -0.4 is 4.90 Å². The summed E-state index contributed by atoms with van der Waals surface area (Å²) >= 11 is 0. The molecule has 3 aromatic rings. The van der Waals surface area contributed by atoms with Crippen molar-refractivity contribution in [2.75, 3.05) is 4.90 Å². The van der Waals surface area contributed by atoms with Crippen LogP contribution in [0.3, 0.4) is 0 Å². The Bertz CT molecular complexity index is 1270. The average molecular weight is 460 g/mol. The molecule has 0 saturated carbocycles. The summed E-state index contributed by atoms with van der Waals surface area (Å²) in [5.41, 5.74) is 0.992. The maximum Gasteiger partial charge on any atom is 0.338 e. The zero-order valence-corrected chi connectivity index (χ0v) is 18.4. The first-order valence-electron chi connectivity index (χ1n) is 10.6. The number of halogens is 1. The Balaban J connectivity index is 1.82. The first-order valence-corrected chi connectivity index (χ1v) is 10.6. The number of pyridine rings is 1. The fourth-order valence-corrected chi connectivity index (χ4v) is 3.72. The van der Waals surface area contributed by atoms with Crippen molar-refractivity contribution < 1.29 is 28.6 Å². The maximum absolute atomic E-state index is 13.4. The molecule has 0 bridgehead atoms. The number of aliphatic hydroxyl groups is 1. The highest BCUT2D eigenvalue weighted by atomic mass is 19.1. The Labute approximate surface area is 195 Å². The highest BCUT2D eigenvalue weighted by Crippen LogP contribution is 2.41. The molecular weight excluding hydrogens is 439 g/mol. The first-order chi connectivity index (χ1) is 16.3. The Morgan fingerprint density at radius 3 is 2.24 bits per heavy atom. The smallest absolute Gasteiger partial charge is 0.338 e. The normalized spacial score (nSPS) is 17.3. The minimum absolute atomic E-state index is 0.168. The highest BCUT2D eigenvalue weighted by Gasteiger charge is 2.47. The summed E-state index contributed by atoms with van der Waals surface area (Å²) in [5.74, 6) is -3.22. The molecule has 0 radical (unpaired) electrons. The maximum atomic E-state index is 13.4. The number of ketones is 1. The van der Waals surface area contributed by atoms with Crippen LogP contribution in [0.4, 0.5) is 10.1 Å². The van der Waals surface area contributed by atoms with Gasteiger partial charge < -0.3 is 9.84 Å². The molecule has 172 valence electrons. The van der Waals surface area contributed by atoms with Crippen LogP contribution in [0, 0.1) is 5.82 Å². The summed E-state index contributed by atoms with van der Waals surface area (Å²) in [6.45, 7) is 3.47. The van der Waals surface area contributed by atoms with Crippen molar-refractivity contribution in [2.45, 2.75) is 26.0 Å². The number of carbonyl (C=O) groups is 3. The molecule has 0 spiro atoms. The van der Waals surface area contributed by atoms with Gasteiger partial charge in [0.15, 0.2) is 0 Å². The molecule has 1 saturated heterocycles. The van der Waals surface area contributed by atoms with E-state index in [0.29, 0.717) is 11.4 Å². The van der Waals surface area contributed by atoms with Crippen molar-refractivity contribution in [1.82, 2.24) is 4.98 Å². The number of carbonyl (C=O) groups excluding carboxylic acids is 3. The second kappa shape index (κ2) is 9.27. The van der Waals surface area contributed by atoms with Crippen LogP contribution in [-0.2, 0) is 14.3 Å². The Kier molecular flexibility index (Phi) is 6.23. The lowest BCUT2D eigenvalue weighted by Crippen LogP contribution is -2.29. The molecule has 1 aromatic heterocycles. The van der Waals surface area contributed by atoms with E-state index in [1.807, 2.05) is 0 Å². The van der Waals surface area contributed by atoms with E-state index in [1.54, 1.807) is 32.0 Å². The molecule has 1 fully saturated rings. The quantitative estimate of drug-likeness (QED) is 0.262. The predicted molar refractivity (Wildman–Crippen MR) is 122 cm³/mol. The third kappa shape index (κ3) is 4.30. The lowest BCUT2D eigenvalue weighted by atomic mass is 9.98. The average Bonchev–Trinajstić information content (AvgIpc) is 3.10. The number of benzene rings is 2. The molecule has 2 heterocycles. The molecule has 1 atom stereocenters. The molecule has 2 aromatic carbocycles. The number of hydrogen-bond acceptors (Lipinski definition) is 6. The van der Waals surface area contributed by atoms with E-state index in [2.05, 4.69) is 4.98 Å². The van der Waals surface area contributed by atoms with E-state index in [0.717, 1.165) is 12.1 Å². The molecule has 7 nitrogen and oxygen atoms in total. The number of aliphatic hydroxyl groups excluding tert-OH is 1. The lowest BCUT2D eigenvalue weighted by molar-refractivity contribution is -0.132. The van der Waals surface area contributed by atoms with Gasteiger partial charge in [0.05, 0.1) is 22.9 Å². The zero-order valence-electron chi connectivity index (χ0n) is 18.4. The summed E-state index contributed by atoms with van der Waals surface area (Å²) in [4.78, 5) is 43.9. The summed E-state index contributed by atoms with van der Waals surface area (Å²) in [6, 6.07) is 15.0. The number of amides is 1. The molecule has 1 amide bonds. The molecule has 4 rings (SSSR count). The third-order valence-corrected chi connectivity index (χ3v) is 5.25. The van der Waals surface area contributed by atoms with Crippen LogP contribution >= 0.6 is 0 Å². The number of aromatic nitrogens is 1. The number of esters is 1. The van der Waals surface area contributed by atoms with Crippen molar-refractivity contribution in [3.63, 3.8) is 0 Å². The number of ether oxygens (including phenoxy) is 1. The van der Waals surface area contributed by atoms with E-state index in [9.17, 15) is 23.9 Å².